The van der Waals surface area contributed by atoms with E-state index in [4.69, 9.17) is 0 Å². The molecule has 0 aliphatic heterocycles. The van der Waals surface area contributed by atoms with Crippen molar-refractivity contribution < 1.29 is 14.7 Å². The molecule has 1 radical (unpaired) electrons. The first-order valence-corrected chi connectivity index (χ1v) is 10.7. The second kappa shape index (κ2) is 16.8. The van der Waals surface area contributed by atoms with Crippen molar-refractivity contribution in [3.63, 3.8) is 0 Å². The minimum Gasteiger partial charge on any atom is -0.391 e. The van der Waals surface area contributed by atoms with Gasteiger partial charge < -0.3 is 21.1 Å². The van der Waals surface area contributed by atoms with Crippen molar-refractivity contribution in [2.24, 2.45) is 5.92 Å². The van der Waals surface area contributed by atoms with E-state index >= 15 is 0 Å². The van der Waals surface area contributed by atoms with Crippen LogP contribution in [0.3, 0.4) is 0 Å². The molecule has 0 aromatic rings. The molecule has 6 nitrogen and oxygen atoms in total. The molecule has 0 unspecified atom stereocenters. The fourth-order valence-electron chi connectivity index (χ4n) is 2.72. The Bertz CT molecular complexity index is 387. The van der Waals surface area contributed by atoms with E-state index in [0.717, 1.165) is 19.3 Å². The van der Waals surface area contributed by atoms with Crippen LogP contribution in [0.15, 0.2) is 0 Å². The second-order valence-corrected chi connectivity index (χ2v) is 7.79. The lowest BCUT2D eigenvalue weighted by Gasteiger charge is -2.21. The first-order valence-electron chi connectivity index (χ1n) is 10.7. The van der Waals surface area contributed by atoms with E-state index in [9.17, 15) is 14.7 Å². The van der Waals surface area contributed by atoms with Crippen molar-refractivity contribution in [2.75, 3.05) is 6.54 Å². The molecule has 0 aliphatic carbocycles. The van der Waals surface area contributed by atoms with Gasteiger partial charge in [0.25, 0.3) is 0 Å². The number of carbonyl (C=O) groups excluding carboxylic acids is 2. The van der Waals surface area contributed by atoms with E-state index in [1.165, 1.54) is 51.9 Å². The third kappa shape index (κ3) is 15.5. The fourth-order valence-corrected chi connectivity index (χ4v) is 2.72. The summed E-state index contributed by atoms with van der Waals surface area (Å²) in [6.07, 6.45) is 10.8. The Labute approximate surface area is 166 Å². The minimum absolute atomic E-state index is 0.399. The van der Waals surface area contributed by atoms with E-state index in [0.29, 0.717) is 12.5 Å². The molecule has 0 bridgehead atoms. The highest BCUT2D eigenvalue weighted by molar-refractivity contribution is 5.87. The monoisotopic (exact) mass is 384 g/mol. The van der Waals surface area contributed by atoms with Crippen LogP contribution in [0.5, 0.6) is 0 Å². The maximum atomic E-state index is 12.1. The van der Waals surface area contributed by atoms with Gasteiger partial charge in [0.1, 0.15) is 6.04 Å². The molecule has 6 heteroatoms. The summed E-state index contributed by atoms with van der Waals surface area (Å²) < 4.78 is 0. The van der Waals surface area contributed by atoms with Gasteiger partial charge in [-0.1, -0.05) is 72.1 Å². The van der Waals surface area contributed by atoms with Gasteiger partial charge >= 0.3 is 6.03 Å². The lowest BCUT2D eigenvalue weighted by atomic mass is 10.1. The molecule has 159 valence electrons. The highest BCUT2D eigenvalue weighted by atomic mass is 16.3. The van der Waals surface area contributed by atoms with Gasteiger partial charge in [-0.25, -0.2) is 4.79 Å². The predicted molar refractivity (Wildman–Crippen MR) is 111 cm³/mol. The van der Waals surface area contributed by atoms with Crippen molar-refractivity contribution >= 4 is 11.9 Å². The number of carbonyl (C=O) groups is 2. The Morgan fingerprint density at radius 2 is 1.48 bits per heavy atom. The zero-order valence-corrected chi connectivity index (χ0v) is 17.9. The number of unbranched alkanes of at least 4 members (excludes halogenated alkanes) is 8. The minimum atomic E-state index is -0.962. The first kappa shape index (κ1) is 25.7. The molecule has 0 aromatic heterocycles. The number of aliphatic hydroxyl groups excluding tert-OH is 1. The fraction of sp³-hybridized carbons (Fsp3) is 0.857. The number of urea groups is 1. The van der Waals surface area contributed by atoms with Crippen LogP contribution < -0.4 is 16.0 Å². The van der Waals surface area contributed by atoms with Crippen LogP contribution in [0.2, 0.25) is 0 Å². The molecule has 3 amide bonds. The summed E-state index contributed by atoms with van der Waals surface area (Å²) in [5.74, 6) is 0.0340. The predicted octanol–water partition coefficient (Wildman–Crippen LogP) is 3.89. The molecule has 2 atom stereocenters. The maximum absolute atomic E-state index is 12.1. The Morgan fingerprint density at radius 1 is 0.926 bits per heavy atom. The molecule has 0 rings (SSSR count). The van der Waals surface area contributed by atoms with Crippen molar-refractivity contribution in [3.8, 4) is 0 Å². The molecule has 0 spiro atoms. The molecule has 27 heavy (non-hydrogen) atoms. The number of aliphatic hydroxyl groups is 1. The van der Waals surface area contributed by atoms with E-state index in [1.807, 2.05) is 13.8 Å². The van der Waals surface area contributed by atoms with Crippen LogP contribution >= 0.6 is 0 Å². The molecule has 0 heterocycles. The smallest absolute Gasteiger partial charge is 0.315 e. The normalized spacial score (nSPS) is 13.3. The molecule has 0 aromatic carbocycles. The van der Waals surface area contributed by atoms with Gasteiger partial charge in [-0.3, -0.25) is 4.79 Å². The van der Waals surface area contributed by atoms with Crippen LogP contribution in [-0.4, -0.2) is 35.7 Å². The van der Waals surface area contributed by atoms with E-state index in [2.05, 4.69) is 22.9 Å². The number of amides is 3. The van der Waals surface area contributed by atoms with Gasteiger partial charge in [-0.15, -0.1) is 0 Å². The highest BCUT2D eigenvalue weighted by Crippen LogP contribution is 2.09. The van der Waals surface area contributed by atoms with Gasteiger partial charge in [-0.05, 0) is 25.7 Å². The molecular weight excluding hydrogens is 342 g/mol. The molecule has 0 aliphatic rings. The van der Waals surface area contributed by atoms with Crippen molar-refractivity contribution in [2.45, 2.75) is 104 Å². The second-order valence-electron chi connectivity index (χ2n) is 7.79. The molecule has 0 saturated carbocycles. The standard InChI is InChI=1S/C21H42N3O3/c1-5-6-7-8-9-10-11-12-13-15-23-21(27)24-19(18(4)25)20(26)22-16-14-17(2)3/h16-19,25H,5-15H2,1-4H3,(H,22,26)(H2,23,24,27)/t18-,19+/m1/s1. The van der Waals surface area contributed by atoms with Crippen molar-refractivity contribution in [3.05, 3.63) is 6.54 Å². The van der Waals surface area contributed by atoms with Crippen LogP contribution in [0.25, 0.3) is 0 Å². The average Bonchev–Trinajstić information content (AvgIpc) is 2.60. The van der Waals surface area contributed by atoms with Crippen LogP contribution in [0.4, 0.5) is 4.79 Å². The first-order chi connectivity index (χ1) is 12.9. The third-order valence-corrected chi connectivity index (χ3v) is 4.45. The zero-order chi connectivity index (χ0) is 20.5. The highest BCUT2D eigenvalue weighted by Gasteiger charge is 2.25. The summed E-state index contributed by atoms with van der Waals surface area (Å²) in [4.78, 5) is 24.1. The lowest BCUT2D eigenvalue weighted by Crippen LogP contribution is -2.54. The molecular formula is C21H42N3O3. The average molecular weight is 385 g/mol. The van der Waals surface area contributed by atoms with E-state index in [-0.39, 0.29) is 0 Å². The van der Waals surface area contributed by atoms with E-state index in [1.54, 1.807) is 6.54 Å². The Kier molecular flexibility index (Phi) is 16.0. The number of rotatable bonds is 16. The number of hydrogen-bond acceptors (Lipinski definition) is 3. The molecule has 0 saturated heterocycles. The quantitative estimate of drug-likeness (QED) is 0.304. The Hall–Kier alpha value is -1.30. The summed E-state index contributed by atoms with van der Waals surface area (Å²) in [6.45, 7) is 10.1. The van der Waals surface area contributed by atoms with Gasteiger partial charge in [0, 0.05) is 13.1 Å². The summed E-state index contributed by atoms with van der Waals surface area (Å²) >= 11 is 0. The molecule has 4 N–H and O–H groups in total. The van der Waals surface area contributed by atoms with Crippen LogP contribution in [0.1, 0.15) is 91.9 Å². The summed E-state index contributed by atoms with van der Waals surface area (Å²) in [5, 5.41) is 17.7. The molecule has 0 fully saturated rings. The lowest BCUT2D eigenvalue weighted by molar-refractivity contribution is -0.124. The SMILES string of the molecule is CCCCCCCCCCCNC(=O)N[C@H](C(=O)N[CH]CC(C)C)[C@@H](C)O. The number of nitrogens with one attached hydrogen (secondary N) is 3. The van der Waals surface area contributed by atoms with Crippen molar-refractivity contribution in [1.82, 2.24) is 16.0 Å². The summed E-state index contributed by atoms with van der Waals surface area (Å²) in [7, 11) is 0. The largest absolute Gasteiger partial charge is 0.391 e. The summed E-state index contributed by atoms with van der Waals surface area (Å²) in [5.41, 5.74) is 0. The maximum Gasteiger partial charge on any atom is 0.315 e. The van der Waals surface area contributed by atoms with Crippen LogP contribution in [-0.2, 0) is 4.79 Å². The Balaban J connectivity index is 3.84. The van der Waals surface area contributed by atoms with Gasteiger partial charge in [0.05, 0.1) is 6.10 Å². The van der Waals surface area contributed by atoms with Gasteiger partial charge in [-0.2, -0.15) is 0 Å². The van der Waals surface area contributed by atoms with Crippen LogP contribution in [0, 0.1) is 12.5 Å². The van der Waals surface area contributed by atoms with Crippen molar-refractivity contribution in [1.29, 1.82) is 0 Å². The number of hydrogen-bond donors (Lipinski definition) is 4. The summed E-state index contributed by atoms with van der Waals surface area (Å²) in [6, 6.07) is -1.38. The third-order valence-electron chi connectivity index (χ3n) is 4.45. The van der Waals surface area contributed by atoms with Gasteiger partial charge in [0.2, 0.25) is 5.91 Å². The van der Waals surface area contributed by atoms with E-state index < -0.39 is 24.1 Å². The zero-order valence-electron chi connectivity index (χ0n) is 17.9. The van der Waals surface area contributed by atoms with Gasteiger partial charge in [0.15, 0.2) is 0 Å². The topological polar surface area (TPSA) is 90.5 Å². The Morgan fingerprint density at radius 3 is 2.00 bits per heavy atom.